The van der Waals surface area contributed by atoms with E-state index in [2.05, 4.69) is 50.5 Å². The molecule has 0 bridgehead atoms. The second-order valence-corrected chi connectivity index (χ2v) is 6.92. The molecule has 0 aliphatic heterocycles. The van der Waals surface area contributed by atoms with E-state index >= 15 is 0 Å². The van der Waals surface area contributed by atoms with Gasteiger partial charge in [-0.3, -0.25) is 0 Å². The molecule has 0 aromatic heterocycles. The van der Waals surface area contributed by atoms with Crippen molar-refractivity contribution in [1.29, 1.82) is 0 Å². The second kappa shape index (κ2) is 6.10. The fourth-order valence-corrected chi connectivity index (χ4v) is 3.61. The first-order chi connectivity index (χ1) is 9.75. The third-order valence-corrected chi connectivity index (χ3v) is 5.49. The van der Waals surface area contributed by atoms with E-state index in [9.17, 15) is 4.39 Å². The van der Waals surface area contributed by atoms with Crippen molar-refractivity contribution in [3.8, 4) is 0 Å². The molecule has 0 radical (unpaired) electrons. The maximum Gasteiger partial charge on any atom is 0.129 e. The minimum atomic E-state index is -0.476. The number of hydrogen-bond acceptors (Lipinski definition) is 0. The van der Waals surface area contributed by atoms with Crippen molar-refractivity contribution in [3.05, 3.63) is 67.4 Å². The van der Waals surface area contributed by atoms with Gasteiger partial charge in [0.1, 0.15) is 5.82 Å². The number of alkyl halides is 1. The standard InChI is InChI=1S/C18H19BrClF/c1-9-10(2)12(4)17(13(5)11(9)3)18(20)15-7-6-14(19)8-16(15)21/h6-8,18H,1-5H3. The highest BCUT2D eigenvalue weighted by atomic mass is 79.9. The lowest BCUT2D eigenvalue weighted by atomic mass is 9.86. The van der Waals surface area contributed by atoms with Crippen LogP contribution in [0, 0.1) is 40.4 Å². The first kappa shape index (κ1) is 16.5. The molecule has 0 saturated carbocycles. The summed E-state index contributed by atoms with van der Waals surface area (Å²) >= 11 is 9.92. The van der Waals surface area contributed by atoms with E-state index in [4.69, 9.17) is 11.6 Å². The molecule has 2 aromatic rings. The van der Waals surface area contributed by atoms with E-state index in [1.165, 1.54) is 22.8 Å². The molecule has 0 N–H and O–H groups in total. The van der Waals surface area contributed by atoms with Crippen LogP contribution in [-0.2, 0) is 0 Å². The smallest absolute Gasteiger partial charge is 0.129 e. The summed E-state index contributed by atoms with van der Waals surface area (Å²) in [4.78, 5) is 0. The van der Waals surface area contributed by atoms with Gasteiger partial charge in [0.2, 0.25) is 0 Å². The Kier molecular flexibility index (Phi) is 4.79. The van der Waals surface area contributed by atoms with Gasteiger partial charge in [0.25, 0.3) is 0 Å². The molecule has 2 rings (SSSR count). The van der Waals surface area contributed by atoms with E-state index in [1.54, 1.807) is 6.07 Å². The molecule has 0 aliphatic carbocycles. The van der Waals surface area contributed by atoms with Crippen molar-refractivity contribution < 1.29 is 4.39 Å². The highest BCUT2D eigenvalue weighted by Crippen LogP contribution is 2.38. The zero-order valence-electron chi connectivity index (χ0n) is 12.9. The lowest BCUT2D eigenvalue weighted by Gasteiger charge is -2.22. The quantitative estimate of drug-likeness (QED) is 0.533. The first-order valence-electron chi connectivity index (χ1n) is 6.91. The van der Waals surface area contributed by atoms with Crippen LogP contribution in [-0.4, -0.2) is 0 Å². The molecule has 0 aliphatic rings. The Balaban J connectivity index is 2.66. The van der Waals surface area contributed by atoms with Crippen molar-refractivity contribution in [2.45, 2.75) is 40.0 Å². The molecule has 112 valence electrons. The van der Waals surface area contributed by atoms with E-state index in [-0.39, 0.29) is 5.82 Å². The van der Waals surface area contributed by atoms with Crippen LogP contribution in [0.25, 0.3) is 0 Å². The molecule has 2 aromatic carbocycles. The SMILES string of the molecule is Cc1c(C)c(C)c(C(Cl)c2ccc(Br)cc2F)c(C)c1C. The summed E-state index contributed by atoms with van der Waals surface area (Å²) in [5.74, 6) is -0.279. The maximum atomic E-state index is 14.2. The topological polar surface area (TPSA) is 0 Å². The Hall–Kier alpha value is -0.860. The Morgan fingerprint density at radius 1 is 0.905 bits per heavy atom. The van der Waals surface area contributed by atoms with Crippen LogP contribution < -0.4 is 0 Å². The molecular formula is C18H19BrClF. The molecular weight excluding hydrogens is 351 g/mol. The van der Waals surface area contributed by atoms with E-state index < -0.39 is 5.38 Å². The normalized spacial score (nSPS) is 12.6. The van der Waals surface area contributed by atoms with Crippen LogP contribution in [0.5, 0.6) is 0 Å². The Labute approximate surface area is 139 Å². The molecule has 0 nitrogen and oxygen atoms in total. The molecule has 0 heterocycles. The maximum absolute atomic E-state index is 14.2. The van der Waals surface area contributed by atoms with Gasteiger partial charge in [-0.15, -0.1) is 11.6 Å². The minimum absolute atomic E-state index is 0.279. The lowest BCUT2D eigenvalue weighted by molar-refractivity contribution is 0.611. The van der Waals surface area contributed by atoms with Gasteiger partial charge in [0.05, 0.1) is 5.38 Å². The molecule has 3 heteroatoms. The van der Waals surface area contributed by atoms with Crippen LogP contribution in [0.1, 0.15) is 44.3 Å². The number of hydrogen-bond donors (Lipinski definition) is 0. The van der Waals surface area contributed by atoms with Crippen molar-refractivity contribution in [2.75, 3.05) is 0 Å². The van der Waals surface area contributed by atoms with E-state index in [1.807, 2.05) is 6.07 Å². The predicted octanol–water partition coefficient (Wildman–Crippen LogP) is 6.46. The summed E-state index contributed by atoms with van der Waals surface area (Å²) in [5.41, 5.74) is 7.60. The first-order valence-corrected chi connectivity index (χ1v) is 8.14. The third-order valence-electron chi connectivity index (χ3n) is 4.55. The monoisotopic (exact) mass is 368 g/mol. The van der Waals surface area contributed by atoms with E-state index in [0.29, 0.717) is 5.56 Å². The zero-order valence-corrected chi connectivity index (χ0v) is 15.3. The third kappa shape index (κ3) is 2.89. The summed E-state index contributed by atoms with van der Waals surface area (Å²) in [6.45, 7) is 10.5. The average molecular weight is 370 g/mol. The average Bonchev–Trinajstić information content (AvgIpc) is 2.43. The largest absolute Gasteiger partial charge is 0.207 e. The molecule has 1 unspecified atom stereocenters. The predicted molar refractivity (Wildman–Crippen MR) is 91.9 cm³/mol. The minimum Gasteiger partial charge on any atom is -0.207 e. The van der Waals surface area contributed by atoms with Gasteiger partial charge in [-0.25, -0.2) is 4.39 Å². The van der Waals surface area contributed by atoms with Gasteiger partial charge >= 0.3 is 0 Å². The van der Waals surface area contributed by atoms with Crippen LogP contribution in [0.3, 0.4) is 0 Å². The molecule has 21 heavy (non-hydrogen) atoms. The van der Waals surface area contributed by atoms with Gasteiger partial charge in [0.15, 0.2) is 0 Å². The van der Waals surface area contributed by atoms with Gasteiger partial charge in [-0.1, -0.05) is 22.0 Å². The van der Waals surface area contributed by atoms with Gasteiger partial charge in [-0.05, 0) is 80.1 Å². The molecule has 0 amide bonds. The Morgan fingerprint density at radius 3 is 1.86 bits per heavy atom. The summed E-state index contributed by atoms with van der Waals surface area (Å²) in [5, 5.41) is -0.476. The van der Waals surface area contributed by atoms with Crippen molar-refractivity contribution >= 4 is 27.5 Å². The summed E-state index contributed by atoms with van der Waals surface area (Å²) in [7, 11) is 0. The van der Waals surface area contributed by atoms with Gasteiger partial charge in [-0.2, -0.15) is 0 Å². The second-order valence-electron chi connectivity index (χ2n) is 5.57. The molecule has 0 saturated heterocycles. The van der Waals surface area contributed by atoms with Crippen molar-refractivity contribution in [1.82, 2.24) is 0 Å². The van der Waals surface area contributed by atoms with Crippen LogP contribution in [0.2, 0.25) is 0 Å². The summed E-state index contributed by atoms with van der Waals surface area (Å²) < 4.78 is 14.9. The number of halogens is 3. The van der Waals surface area contributed by atoms with Crippen molar-refractivity contribution in [2.24, 2.45) is 0 Å². The van der Waals surface area contributed by atoms with Crippen LogP contribution in [0.4, 0.5) is 4.39 Å². The highest BCUT2D eigenvalue weighted by molar-refractivity contribution is 9.10. The number of rotatable bonds is 2. The van der Waals surface area contributed by atoms with Crippen LogP contribution in [0.15, 0.2) is 22.7 Å². The van der Waals surface area contributed by atoms with Crippen molar-refractivity contribution in [3.63, 3.8) is 0 Å². The number of benzene rings is 2. The zero-order chi connectivity index (χ0) is 15.9. The molecule has 1 atom stereocenters. The van der Waals surface area contributed by atoms with Gasteiger partial charge < -0.3 is 0 Å². The lowest BCUT2D eigenvalue weighted by Crippen LogP contribution is -2.07. The molecule has 0 fully saturated rings. The summed E-state index contributed by atoms with van der Waals surface area (Å²) in [6, 6.07) is 5.04. The van der Waals surface area contributed by atoms with Crippen LogP contribution >= 0.6 is 27.5 Å². The fourth-order valence-electron chi connectivity index (χ4n) is 2.77. The van der Waals surface area contributed by atoms with Gasteiger partial charge in [0, 0.05) is 10.0 Å². The highest BCUT2D eigenvalue weighted by Gasteiger charge is 2.22. The fraction of sp³-hybridized carbons (Fsp3) is 0.333. The Bertz CT molecular complexity index is 678. The summed E-state index contributed by atoms with van der Waals surface area (Å²) in [6.07, 6.45) is 0. The van der Waals surface area contributed by atoms with E-state index in [0.717, 1.165) is 21.2 Å². The molecule has 0 spiro atoms. The Morgan fingerprint density at radius 2 is 1.38 bits per heavy atom.